The number of sulfone groups is 1. The third-order valence-corrected chi connectivity index (χ3v) is 3.05. The molecule has 0 bridgehead atoms. The Hall–Kier alpha value is -1.43. The van der Waals surface area contributed by atoms with Crippen LogP contribution in [-0.4, -0.2) is 25.6 Å². The zero-order valence-corrected chi connectivity index (χ0v) is 9.83. The van der Waals surface area contributed by atoms with Crippen LogP contribution >= 0.6 is 0 Å². The van der Waals surface area contributed by atoms with E-state index >= 15 is 0 Å². The number of hydrogen-bond donors (Lipinski definition) is 1. The van der Waals surface area contributed by atoms with Crippen LogP contribution in [0, 0.1) is 0 Å². The maximum atomic E-state index is 11.2. The normalized spacial score (nSPS) is 11.3. The van der Waals surface area contributed by atoms with Crippen molar-refractivity contribution in [2.75, 3.05) is 6.26 Å². The average Bonchev–Trinajstić information content (AvgIpc) is 2.16. The Morgan fingerprint density at radius 2 is 2.19 bits per heavy atom. The number of nitrogens with zero attached hydrogens (tertiary/aromatic N) is 1. The molecule has 0 atom stereocenters. The summed E-state index contributed by atoms with van der Waals surface area (Å²) in [7, 11) is -3.27. The molecule has 0 spiro atoms. The molecule has 16 heavy (non-hydrogen) atoms. The molecule has 88 valence electrons. The van der Waals surface area contributed by atoms with Crippen LogP contribution in [0.25, 0.3) is 0 Å². The van der Waals surface area contributed by atoms with Gasteiger partial charge in [-0.05, 0) is 30.5 Å². The fraction of sp³-hybridized carbons (Fsp3) is 0.400. The fourth-order valence-corrected chi connectivity index (χ4v) is 1.89. The second-order valence-corrected chi connectivity index (χ2v) is 5.56. The molecular formula is C10H14N2O3S. The van der Waals surface area contributed by atoms with E-state index in [-0.39, 0.29) is 10.9 Å². The highest BCUT2D eigenvalue weighted by Gasteiger charge is 2.08. The number of aromatic nitrogens is 1. The van der Waals surface area contributed by atoms with E-state index in [1.54, 1.807) is 6.07 Å². The molecular weight excluding hydrogens is 228 g/mol. The lowest BCUT2D eigenvalue weighted by atomic mass is 10.1. The number of carbonyl (C=O) groups excluding carboxylic acids is 1. The Morgan fingerprint density at radius 3 is 2.75 bits per heavy atom. The average molecular weight is 242 g/mol. The Labute approximate surface area is 94.6 Å². The molecule has 0 aliphatic rings. The van der Waals surface area contributed by atoms with Gasteiger partial charge in [0.25, 0.3) is 0 Å². The van der Waals surface area contributed by atoms with Crippen LogP contribution in [0.15, 0.2) is 23.4 Å². The largest absolute Gasteiger partial charge is 0.370 e. The third-order valence-electron chi connectivity index (χ3n) is 2.07. The van der Waals surface area contributed by atoms with E-state index in [0.29, 0.717) is 19.3 Å². The van der Waals surface area contributed by atoms with E-state index in [1.807, 2.05) is 0 Å². The maximum absolute atomic E-state index is 11.2. The van der Waals surface area contributed by atoms with Crippen molar-refractivity contribution in [1.29, 1.82) is 0 Å². The SMILES string of the molecule is CS(=O)(=O)c1cc(CCCC(N)=O)ccn1. The van der Waals surface area contributed by atoms with E-state index in [0.717, 1.165) is 11.8 Å². The van der Waals surface area contributed by atoms with Crippen LogP contribution in [0.4, 0.5) is 0 Å². The Balaban J connectivity index is 2.72. The van der Waals surface area contributed by atoms with Crippen molar-refractivity contribution in [3.63, 3.8) is 0 Å². The molecule has 0 saturated carbocycles. The van der Waals surface area contributed by atoms with Gasteiger partial charge < -0.3 is 5.73 Å². The van der Waals surface area contributed by atoms with Gasteiger partial charge in [-0.2, -0.15) is 0 Å². The van der Waals surface area contributed by atoms with Gasteiger partial charge in [-0.25, -0.2) is 13.4 Å². The van der Waals surface area contributed by atoms with Crippen LogP contribution in [0.5, 0.6) is 0 Å². The summed E-state index contributed by atoms with van der Waals surface area (Å²) in [5.74, 6) is -0.350. The molecule has 6 heteroatoms. The lowest BCUT2D eigenvalue weighted by molar-refractivity contribution is -0.118. The maximum Gasteiger partial charge on any atom is 0.217 e. The number of amides is 1. The van der Waals surface area contributed by atoms with Crippen LogP contribution in [0.1, 0.15) is 18.4 Å². The molecule has 0 fully saturated rings. The first-order valence-corrected chi connectivity index (χ1v) is 6.72. The van der Waals surface area contributed by atoms with Crippen molar-refractivity contribution in [3.05, 3.63) is 23.9 Å². The lowest BCUT2D eigenvalue weighted by Crippen LogP contribution is -2.10. The van der Waals surface area contributed by atoms with E-state index < -0.39 is 9.84 Å². The first kappa shape index (κ1) is 12.6. The van der Waals surface area contributed by atoms with Gasteiger partial charge in [-0.1, -0.05) is 0 Å². The van der Waals surface area contributed by atoms with Gasteiger partial charge in [0.05, 0.1) is 0 Å². The predicted molar refractivity (Wildman–Crippen MR) is 59.5 cm³/mol. The second kappa shape index (κ2) is 5.07. The minimum absolute atomic E-state index is 0.0593. The summed E-state index contributed by atoms with van der Waals surface area (Å²) in [4.78, 5) is 14.3. The molecule has 1 heterocycles. The molecule has 0 saturated heterocycles. The second-order valence-electron chi connectivity index (χ2n) is 3.59. The number of primary amides is 1. The molecule has 2 N–H and O–H groups in total. The van der Waals surface area contributed by atoms with Gasteiger partial charge in [-0.15, -0.1) is 0 Å². The van der Waals surface area contributed by atoms with Crippen LogP contribution in [-0.2, 0) is 21.1 Å². The van der Waals surface area contributed by atoms with E-state index in [9.17, 15) is 13.2 Å². The topological polar surface area (TPSA) is 90.1 Å². The molecule has 1 aromatic heterocycles. The fourth-order valence-electron chi connectivity index (χ4n) is 1.28. The molecule has 1 aromatic rings. The van der Waals surface area contributed by atoms with Crippen LogP contribution in [0.3, 0.4) is 0 Å². The first-order valence-electron chi connectivity index (χ1n) is 4.83. The van der Waals surface area contributed by atoms with Crippen LogP contribution < -0.4 is 5.73 Å². The minimum Gasteiger partial charge on any atom is -0.370 e. The number of hydrogen-bond acceptors (Lipinski definition) is 4. The van der Waals surface area contributed by atoms with Gasteiger partial charge in [-0.3, -0.25) is 4.79 Å². The standard InChI is InChI=1S/C10H14N2O3S/c1-16(14,15)10-7-8(5-6-12-10)3-2-4-9(11)13/h5-7H,2-4H2,1H3,(H2,11,13). The quantitative estimate of drug-likeness (QED) is 0.803. The number of rotatable bonds is 5. The van der Waals surface area contributed by atoms with Gasteiger partial charge >= 0.3 is 0 Å². The summed E-state index contributed by atoms with van der Waals surface area (Å²) in [6.07, 6.45) is 4.10. The third kappa shape index (κ3) is 3.98. The lowest BCUT2D eigenvalue weighted by Gasteiger charge is -2.02. The zero-order valence-electron chi connectivity index (χ0n) is 9.01. The van der Waals surface area contributed by atoms with Gasteiger partial charge in [0, 0.05) is 18.9 Å². The molecule has 0 unspecified atom stereocenters. The molecule has 0 aliphatic heterocycles. The molecule has 0 aromatic carbocycles. The number of aryl methyl sites for hydroxylation is 1. The van der Waals surface area contributed by atoms with E-state index in [4.69, 9.17) is 5.73 Å². The predicted octanol–water partition coefficient (Wildman–Crippen LogP) is 0.293. The number of pyridine rings is 1. The Bertz CT molecular complexity index is 483. The summed E-state index contributed by atoms with van der Waals surface area (Å²) in [5.41, 5.74) is 5.85. The van der Waals surface area contributed by atoms with E-state index in [1.165, 1.54) is 12.3 Å². The van der Waals surface area contributed by atoms with Crippen molar-refractivity contribution in [2.24, 2.45) is 5.73 Å². The highest BCUT2D eigenvalue weighted by molar-refractivity contribution is 7.90. The molecule has 0 aliphatic carbocycles. The van der Waals surface area contributed by atoms with Gasteiger partial charge in [0.1, 0.15) is 0 Å². The summed E-state index contributed by atoms with van der Waals surface area (Å²) >= 11 is 0. The highest BCUT2D eigenvalue weighted by atomic mass is 32.2. The molecule has 5 nitrogen and oxygen atoms in total. The number of nitrogens with two attached hydrogens (primary N) is 1. The molecule has 1 rings (SSSR count). The summed E-state index contributed by atoms with van der Waals surface area (Å²) in [5, 5.41) is 0.0593. The molecule has 0 radical (unpaired) electrons. The number of carbonyl (C=O) groups is 1. The van der Waals surface area contributed by atoms with Crippen LogP contribution in [0.2, 0.25) is 0 Å². The van der Waals surface area contributed by atoms with Gasteiger partial charge in [0.15, 0.2) is 14.9 Å². The van der Waals surface area contributed by atoms with Crippen molar-refractivity contribution in [1.82, 2.24) is 4.98 Å². The Kier molecular flexibility index (Phi) is 4.00. The Morgan fingerprint density at radius 1 is 1.50 bits per heavy atom. The van der Waals surface area contributed by atoms with Crippen molar-refractivity contribution >= 4 is 15.7 Å². The van der Waals surface area contributed by atoms with Gasteiger partial charge in [0.2, 0.25) is 5.91 Å². The van der Waals surface area contributed by atoms with Crippen molar-refractivity contribution in [2.45, 2.75) is 24.3 Å². The minimum atomic E-state index is -3.27. The van der Waals surface area contributed by atoms with Crippen molar-refractivity contribution in [3.8, 4) is 0 Å². The zero-order chi connectivity index (χ0) is 12.2. The summed E-state index contributed by atoms with van der Waals surface area (Å²) < 4.78 is 22.5. The van der Waals surface area contributed by atoms with E-state index in [2.05, 4.69) is 4.98 Å². The molecule has 1 amide bonds. The summed E-state index contributed by atoms with van der Waals surface area (Å²) in [6, 6.07) is 3.26. The monoisotopic (exact) mass is 242 g/mol. The van der Waals surface area contributed by atoms with Crippen molar-refractivity contribution < 1.29 is 13.2 Å². The smallest absolute Gasteiger partial charge is 0.217 e. The highest BCUT2D eigenvalue weighted by Crippen LogP contribution is 2.10. The first-order chi connectivity index (χ1) is 7.39. The summed E-state index contributed by atoms with van der Waals surface area (Å²) in [6.45, 7) is 0.